The Morgan fingerprint density at radius 2 is 2.42 bits per heavy atom. The van der Waals surface area contributed by atoms with Gasteiger partial charge in [0.05, 0.1) is 18.7 Å². The molecule has 1 amide bonds. The van der Waals surface area contributed by atoms with Crippen molar-refractivity contribution in [3.8, 4) is 0 Å². The first kappa shape index (κ1) is 11.7. The molecule has 0 aliphatic carbocycles. The Hall–Kier alpha value is -2.37. The van der Waals surface area contributed by atoms with Crippen molar-refractivity contribution in [1.82, 2.24) is 14.9 Å². The Morgan fingerprint density at radius 3 is 3.21 bits per heavy atom. The zero-order valence-corrected chi connectivity index (χ0v) is 10.4. The van der Waals surface area contributed by atoms with Crippen LogP contribution in [0.15, 0.2) is 28.9 Å². The molecule has 1 aliphatic rings. The van der Waals surface area contributed by atoms with Crippen LogP contribution in [0.25, 0.3) is 0 Å². The van der Waals surface area contributed by atoms with Crippen molar-refractivity contribution < 1.29 is 9.21 Å². The molecule has 2 aromatic rings. The fraction of sp³-hybridized carbons (Fsp3) is 0.308. The van der Waals surface area contributed by atoms with Crippen LogP contribution in [0.1, 0.15) is 17.0 Å². The third-order valence-electron chi connectivity index (χ3n) is 3.18. The van der Waals surface area contributed by atoms with E-state index in [1.807, 2.05) is 12.1 Å². The summed E-state index contributed by atoms with van der Waals surface area (Å²) in [7, 11) is 0. The summed E-state index contributed by atoms with van der Waals surface area (Å²) in [6.45, 7) is 1.09. The number of nitrogens with zero attached hydrogens (tertiary/aromatic N) is 3. The predicted molar refractivity (Wildman–Crippen MR) is 68.0 cm³/mol. The maximum Gasteiger partial charge on any atom is 0.292 e. The van der Waals surface area contributed by atoms with E-state index in [0.29, 0.717) is 31.7 Å². The lowest BCUT2D eigenvalue weighted by Crippen LogP contribution is -2.36. The lowest BCUT2D eigenvalue weighted by Gasteiger charge is -2.25. The van der Waals surface area contributed by atoms with Gasteiger partial charge in [-0.25, -0.2) is 0 Å². The number of hydrogen-bond donors (Lipinski definition) is 1. The van der Waals surface area contributed by atoms with Crippen molar-refractivity contribution in [2.45, 2.75) is 19.4 Å². The molecular formula is C13H14N4O2. The number of nitrogens with two attached hydrogens (primary N) is 1. The van der Waals surface area contributed by atoms with Gasteiger partial charge in [-0.2, -0.15) is 4.98 Å². The highest BCUT2D eigenvalue weighted by Crippen LogP contribution is 2.21. The first-order valence-corrected chi connectivity index (χ1v) is 6.13. The molecule has 0 radical (unpaired) electrons. The molecular weight excluding hydrogens is 244 g/mol. The van der Waals surface area contributed by atoms with Crippen LogP contribution in [-0.2, 0) is 24.2 Å². The third kappa shape index (κ3) is 2.42. The number of nitrogen functional groups attached to an aromatic ring is 1. The van der Waals surface area contributed by atoms with Gasteiger partial charge in [0.15, 0.2) is 0 Å². The van der Waals surface area contributed by atoms with Crippen LogP contribution in [0.3, 0.4) is 0 Å². The van der Waals surface area contributed by atoms with Gasteiger partial charge in [0, 0.05) is 25.4 Å². The van der Waals surface area contributed by atoms with Gasteiger partial charge >= 0.3 is 0 Å². The minimum atomic E-state index is 0.0635. The molecule has 19 heavy (non-hydrogen) atoms. The number of aromatic nitrogens is 2. The van der Waals surface area contributed by atoms with E-state index >= 15 is 0 Å². The smallest absolute Gasteiger partial charge is 0.292 e. The van der Waals surface area contributed by atoms with Gasteiger partial charge in [0.2, 0.25) is 5.91 Å². The minimum absolute atomic E-state index is 0.0635. The molecule has 0 spiro atoms. The highest BCUT2D eigenvalue weighted by molar-refractivity contribution is 5.78. The number of pyridine rings is 1. The van der Waals surface area contributed by atoms with Crippen LogP contribution in [-0.4, -0.2) is 27.3 Å². The normalized spacial score (nSPS) is 14.2. The Morgan fingerprint density at radius 1 is 1.53 bits per heavy atom. The van der Waals surface area contributed by atoms with E-state index in [1.165, 1.54) is 0 Å². The second kappa shape index (κ2) is 4.72. The maximum absolute atomic E-state index is 12.2. The Bertz CT molecular complexity index is 594. The Labute approximate surface area is 110 Å². The fourth-order valence-electron chi connectivity index (χ4n) is 2.22. The number of amides is 1. The van der Waals surface area contributed by atoms with Crippen molar-refractivity contribution in [3.05, 3.63) is 41.5 Å². The van der Waals surface area contributed by atoms with Gasteiger partial charge in [0.1, 0.15) is 5.76 Å². The standard InChI is InChI=1S/C13H14N4O2/c14-13-16-10-3-5-17(8-11(10)19-13)12(18)6-9-2-1-4-15-7-9/h1-2,4,7H,3,5-6,8H2,(H2,14,16). The Kier molecular flexibility index (Phi) is 2.91. The summed E-state index contributed by atoms with van der Waals surface area (Å²) in [5.41, 5.74) is 7.29. The summed E-state index contributed by atoms with van der Waals surface area (Å²) in [5.74, 6) is 0.761. The summed E-state index contributed by atoms with van der Waals surface area (Å²) in [6.07, 6.45) is 4.44. The molecule has 1 aliphatic heterocycles. The first-order valence-electron chi connectivity index (χ1n) is 6.13. The number of oxazole rings is 1. The average Bonchev–Trinajstić information content (AvgIpc) is 2.78. The quantitative estimate of drug-likeness (QED) is 0.860. The van der Waals surface area contributed by atoms with Crippen molar-refractivity contribution in [2.24, 2.45) is 0 Å². The summed E-state index contributed by atoms with van der Waals surface area (Å²) in [6, 6.07) is 3.90. The third-order valence-corrected chi connectivity index (χ3v) is 3.18. The van der Waals surface area contributed by atoms with Crippen LogP contribution in [0.4, 0.5) is 6.01 Å². The topological polar surface area (TPSA) is 85.2 Å². The number of rotatable bonds is 2. The molecule has 98 valence electrons. The second-order valence-electron chi connectivity index (χ2n) is 4.53. The van der Waals surface area contributed by atoms with Gasteiger partial charge in [-0.15, -0.1) is 0 Å². The minimum Gasteiger partial charge on any atom is -0.427 e. The number of hydrogen-bond acceptors (Lipinski definition) is 5. The molecule has 0 saturated heterocycles. The summed E-state index contributed by atoms with van der Waals surface area (Å²) in [5, 5.41) is 0. The van der Waals surface area contributed by atoms with Crippen molar-refractivity contribution >= 4 is 11.9 Å². The van der Waals surface area contributed by atoms with Gasteiger partial charge in [0.25, 0.3) is 6.01 Å². The van der Waals surface area contributed by atoms with Crippen molar-refractivity contribution in [2.75, 3.05) is 12.3 Å². The first-order chi connectivity index (χ1) is 9.22. The van der Waals surface area contributed by atoms with Gasteiger partial charge in [-0.1, -0.05) is 6.07 Å². The SMILES string of the molecule is Nc1nc2c(o1)CN(C(=O)Cc1cccnc1)CC2. The second-order valence-corrected chi connectivity index (χ2v) is 4.53. The monoisotopic (exact) mass is 258 g/mol. The van der Waals surface area contributed by atoms with Gasteiger partial charge < -0.3 is 15.1 Å². The molecule has 0 bridgehead atoms. The lowest BCUT2D eigenvalue weighted by molar-refractivity contribution is -0.131. The number of anilines is 1. The number of fused-ring (bicyclic) bond motifs is 1. The van der Waals surface area contributed by atoms with E-state index in [-0.39, 0.29) is 11.9 Å². The molecule has 6 heteroatoms. The molecule has 2 N–H and O–H groups in total. The maximum atomic E-state index is 12.2. The average molecular weight is 258 g/mol. The van der Waals surface area contributed by atoms with Crippen LogP contribution < -0.4 is 5.73 Å². The van der Waals surface area contributed by atoms with Crippen molar-refractivity contribution in [1.29, 1.82) is 0 Å². The van der Waals surface area contributed by atoms with Gasteiger partial charge in [-0.3, -0.25) is 9.78 Å². The van der Waals surface area contributed by atoms with Crippen LogP contribution >= 0.6 is 0 Å². The van der Waals surface area contributed by atoms with Crippen molar-refractivity contribution in [3.63, 3.8) is 0 Å². The molecule has 0 aromatic carbocycles. The van der Waals surface area contributed by atoms with E-state index in [4.69, 9.17) is 10.2 Å². The molecule has 0 unspecified atom stereocenters. The summed E-state index contributed by atoms with van der Waals surface area (Å²) in [4.78, 5) is 22.1. The van der Waals surface area contributed by atoms with E-state index < -0.39 is 0 Å². The zero-order valence-electron chi connectivity index (χ0n) is 10.4. The molecule has 6 nitrogen and oxygen atoms in total. The van der Waals surface area contributed by atoms with E-state index in [0.717, 1.165) is 11.3 Å². The fourth-order valence-corrected chi connectivity index (χ4v) is 2.22. The molecule has 2 aromatic heterocycles. The van der Waals surface area contributed by atoms with Gasteiger partial charge in [-0.05, 0) is 11.6 Å². The van der Waals surface area contributed by atoms with Crippen LogP contribution in [0.2, 0.25) is 0 Å². The van der Waals surface area contributed by atoms with Crippen LogP contribution in [0, 0.1) is 0 Å². The molecule has 3 heterocycles. The largest absolute Gasteiger partial charge is 0.427 e. The highest BCUT2D eigenvalue weighted by atomic mass is 16.4. The van der Waals surface area contributed by atoms with Crippen LogP contribution in [0.5, 0.6) is 0 Å². The zero-order chi connectivity index (χ0) is 13.2. The highest BCUT2D eigenvalue weighted by Gasteiger charge is 2.24. The van der Waals surface area contributed by atoms with E-state index in [1.54, 1.807) is 17.3 Å². The molecule has 3 rings (SSSR count). The predicted octanol–water partition coefficient (Wildman–Crippen LogP) is 0.779. The number of carbonyl (C=O) groups is 1. The summed E-state index contributed by atoms with van der Waals surface area (Å²) < 4.78 is 5.30. The number of carbonyl (C=O) groups excluding carboxylic acids is 1. The van der Waals surface area contributed by atoms with E-state index in [2.05, 4.69) is 9.97 Å². The Balaban J connectivity index is 1.69. The lowest BCUT2D eigenvalue weighted by atomic mass is 10.1. The molecule has 0 atom stereocenters. The molecule has 0 fully saturated rings. The summed E-state index contributed by atoms with van der Waals surface area (Å²) >= 11 is 0. The van der Waals surface area contributed by atoms with E-state index in [9.17, 15) is 4.79 Å². The molecule has 0 saturated carbocycles.